The molecule has 1 atom stereocenters. The number of hydrogen-bond donors (Lipinski definition) is 1. The van der Waals surface area contributed by atoms with Gasteiger partial charge in [0.15, 0.2) is 0 Å². The topological polar surface area (TPSA) is 46.3 Å². The van der Waals surface area contributed by atoms with Crippen LogP contribution in [0, 0.1) is 0 Å². The van der Waals surface area contributed by atoms with E-state index in [2.05, 4.69) is 0 Å². The lowest BCUT2D eigenvalue weighted by atomic mass is 10.2. The van der Waals surface area contributed by atoms with Crippen molar-refractivity contribution in [3.63, 3.8) is 0 Å². The van der Waals surface area contributed by atoms with Gasteiger partial charge in [0.25, 0.3) is 0 Å². The maximum atomic E-state index is 11.7. The third-order valence-electron chi connectivity index (χ3n) is 3.11. The fourth-order valence-corrected chi connectivity index (χ4v) is 2.23. The third kappa shape index (κ3) is 2.15. The van der Waals surface area contributed by atoms with Gasteiger partial charge >= 0.3 is 0 Å². The number of amides is 1. The average molecular weight is 194 g/mol. The average Bonchev–Trinajstić information content (AvgIpc) is 2.75. The first-order valence-electron chi connectivity index (χ1n) is 5.49. The Hall–Kier alpha value is -0.830. The van der Waals surface area contributed by atoms with E-state index < -0.39 is 0 Å². The Kier molecular flexibility index (Phi) is 2.87. The summed E-state index contributed by atoms with van der Waals surface area (Å²) in [6.07, 6.45) is 7.52. The maximum absolute atomic E-state index is 11.7. The lowest BCUT2D eigenvalue weighted by molar-refractivity contribution is -0.125. The molecule has 1 amide bonds. The molecule has 2 aliphatic rings. The number of carbonyl (C=O) groups is 1. The molecule has 0 aromatic rings. The molecule has 78 valence electrons. The van der Waals surface area contributed by atoms with E-state index in [1.165, 1.54) is 18.4 Å². The Morgan fingerprint density at radius 2 is 2.14 bits per heavy atom. The van der Waals surface area contributed by atoms with Crippen LogP contribution in [0.1, 0.15) is 32.1 Å². The summed E-state index contributed by atoms with van der Waals surface area (Å²) in [6.45, 7) is 1.58. The number of allylic oxidation sites excluding steroid dienone is 1. The summed E-state index contributed by atoms with van der Waals surface area (Å²) in [5, 5.41) is 0. The Morgan fingerprint density at radius 3 is 2.71 bits per heavy atom. The Bertz CT molecular complexity index is 252. The Morgan fingerprint density at radius 1 is 1.43 bits per heavy atom. The largest absolute Gasteiger partial charge is 0.338 e. The number of nitrogens with zero attached hydrogens (tertiary/aromatic N) is 1. The van der Waals surface area contributed by atoms with E-state index in [-0.39, 0.29) is 11.9 Å². The van der Waals surface area contributed by atoms with Gasteiger partial charge in [0.05, 0.1) is 0 Å². The molecule has 2 rings (SSSR count). The molecule has 0 aromatic carbocycles. The van der Waals surface area contributed by atoms with E-state index in [0.717, 1.165) is 32.4 Å². The fraction of sp³-hybridized carbons (Fsp3) is 0.727. The van der Waals surface area contributed by atoms with Gasteiger partial charge in [0.1, 0.15) is 0 Å². The number of hydrogen-bond acceptors (Lipinski definition) is 2. The van der Waals surface area contributed by atoms with E-state index >= 15 is 0 Å². The van der Waals surface area contributed by atoms with Gasteiger partial charge in [-0.3, -0.25) is 4.79 Å². The molecule has 1 aliphatic carbocycles. The lowest BCUT2D eigenvalue weighted by Crippen LogP contribution is -2.30. The zero-order chi connectivity index (χ0) is 9.97. The van der Waals surface area contributed by atoms with Crippen LogP contribution in [0.15, 0.2) is 11.6 Å². The zero-order valence-corrected chi connectivity index (χ0v) is 8.54. The number of rotatable bonds is 1. The summed E-state index contributed by atoms with van der Waals surface area (Å²) < 4.78 is 0. The minimum atomic E-state index is 0.176. The predicted octanol–water partition coefficient (Wildman–Crippen LogP) is 1.05. The van der Waals surface area contributed by atoms with E-state index in [9.17, 15) is 4.79 Å². The van der Waals surface area contributed by atoms with Gasteiger partial charge < -0.3 is 10.6 Å². The predicted molar refractivity (Wildman–Crippen MR) is 55.7 cm³/mol. The second kappa shape index (κ2) is 4.13. The van der Waals surface area contributed by atoms with E-state index in [4.69, 9.17) is 5.73 Å². The smallest absolute Gasteiger partial charge is 0.246 e. The van der Waals surface area contributed by atoms with Gasteiger partial charge in [0, 0.05) is 25.2 Å². The lowest BCUT2D eigenvalue weighted by Gasteiger charge is -2.13. The van der Waals surface area contributed by atoms with Crippen LogP contribution < -0.4 is 5.73 Å². The maximum Gasteiger partial charge on any atom is 0.246 e. The van der Waals surface area contributed by atoms with E-state index in [1.807, 2.05) is 11.0 Å². The van der Waals surface area contributed by atoms with Gasteiger partial charge in [0.2, 0.25) is 5.91 Å². The van der Waals surface area contributed by atoms with Gasteiger partial charge in [-0.1, -0.05) is 5.57 Å². The number of carbonyl (C=O) groups excluding carboxylic acids is 1. The van der Waals surface area contributed by atoms with Gasteiger partial charge in [-0.05, 0) is 32.1 Å². The minimum absolute atomic E-state index is 0.176. The summed E-state index contributed by atoms with van der Waals surface area (Å²) in [7, 11) is 0. The Labute approximate surface area is 84.9 Å². The fourth-order valence-electron chi connectivity index (χ4n) is 2.23. The Balaban J connectivity index is 1.91. The summed E-state index contributed by atoms with van der Waals surface area (Å²) in [5.74, 6) is 0.176. The summed E-state index contributed by atoms with van der Waals surface area (Å²) in [4.78, 5) is 13.6. The van der Waals surface area contributed by atoms with Crippen LogP contribution in [-0.2, 0) is 4.79 Å². The van der Waals surface area contributed by atoms with Crippen molar-refractivity contribution in [3.8, 4) is 0 Å². The highest BCUT2D eigenvalue weighted by atomic mass is 16.2. The first-order chi connectivity index (χ1) is 6.75. The van der Waals surface area contributed by atoms with Crippen molar-refractivity contribution in [1.29, 1.82) is 0 Å². The van der Waals surface area contributed by atoms with Crippen molar-refractivity contribution in [2.75, 3.05) is 13.1 Å². The SMILES string of the molecule is NC1CCN(C(=O)C=C2CCCC2)C1. The molecular formula is C11H18N2O. The molecular weight excluding hydrogens is 176 g/mol. The van der Waals surface area contributed by atoms with Crippen LogP contribution in [0.4, 0.5) is 0 Å². The molecule has 0 radical (unpaired) electrons. The molecule has 3 nitrogen and oxygen atoms in total. The molecule has 0 aromatic heterocycles. The van der Waals surface area contributed by atoms with Crippen molar-refractivity contribution in [2.45, 2.75) is 38.1 Å². The molecule has 1 heterocycles. The zero-order valence-electron chi connectivity index (χ0n) is 8.54. The second-order valence-corrected chi connectivity index (χ2v) is 4.34. The van der Waals surface area contributed by atoms with Crippen molar-refractivity contribution in [3.05, 3.63) is 11.6 Å². The summed E-state index contributed by atoms with van der Waals surface area (Å²) in [6, 6.07) is 0.195. The molecule has 1 aliphatic heterocycles. The third-order valence-corrected chi connectivity index (χ3v) is 3.11. The van der Waals surface area contributed by atoms with Crippen molar-refractivity contribution in [2.24, 2.45) is 5.73 Å². The molecule has 3 heteroatoms. The highest BCUT2D eigenvalue weighted by Gasteiger charge is 2.22. The summed E-state index contributed by atoms with van der Waals surface area (Å²) >= 11 is 0. The number of nitrogens with two attached hydrogens (primary N) is 1. The molecule has 1 unspecified atom stereocenters. The molecule has 2 fully saturated rings. The molecule has 0 spiro atoms. The van der Waals surface area contributed by atoms with Gasteiger partial charge in [-0.25, -0.2) is 0 Å². The van der Waals surface area contributed by atoms with Crippen LogP contribution in [-0.4, -0.2) is 29.9 Å². The van der Waals surface area contributed by atoms with Gasteiger partial charge in [-0.15, -0.1) is 0 Å². The first-order valence-corrected chi connectivity index (χ1v) is 5.49. The van der Waals surface area contributed by atoms with Crippen LogP contribution in [0.5, 0.6) is 0 Å². The molecule has 14 heavy (non-hydrogen) atoms. The standard InChI is InChI=1S/C11H18N2O/c12-10-5-6-13(8-10)11(14)7-9-3-1-2-4-9/h7,10H,1-6,8,12H2. The molecule has 1 saturated heterocycles. The van der Waals surface area contributed by atoms with Crippen molar-refractivity contribution < 1.29 is 4.79 Å². The molecule has 2 N–H and O–H groups in total. The highest BCUT2D eigenvalue weighted by Crippen LogP contribution is 2.24. The number of likely N-dealkylation sites (tertiary alicyclic amines) is 1. The van der Waals surface area contributed by atoms with Crippen LogP contribution >= 0.6 is 0 Å². The van der Waals surface area contributed by atoms with E-state index in [0.29, 0.717) is 0 Å². The second-order valence-electron chi connectivity index (χ2n) is 4.34. The monoisotopic (exact) mass is 194 g/mol. The first kappa shape index (κ1) is 9.71. The van der Waals surface area contributed by atoms with Gasteiger partial charge in [-0.2, -0.15) is 0 Å². The summed E-state index contributed by atoms with van der Waals surface area (Å²) in [5.41, 5.74) is 7.09. The molecule has 1 saturated carbocycles. The van der Waals surface area contributed by atoms with E-state index in [1.54, 1.807) is 0 Å². The van der Waals surface area contributed by atoms with Crippen molar-refractivity contribution in [1.82, 2.24) is 4.90 Å². The minimum Gasteiger partial charge on any atom is -0.338 e. The highest BCUT2D eigenvalue weighted by molar-refractivity contribution is 5.88. The normalized spacial score (nSPS) is 27.1. The quantitative estimate of drug-likeness (QED) is 0.634. The van der Waals surface area contributed by atoms with Crippen LogP contribution in [0.25, 0.3) is 0 Å². The van der Waals surface area contributed by atoms with Crippen LogP contribution in [0.3, 0.4) is 0 Å². The van der Waals surface area contributed by atoms with Crippen LogP contribution in [0.2, 0.25) is 0 Å². The molecule has 0 bridgehead atoms. The van der Waals surface area contributed by atoms with Crippen molar-refractivity contribution >= 4 is 5.91 Å².